The van der Waals surface area contributed by atoms with Crippen LogP contribution in [0.25, 0.3) is 11.4 Å². The fourth-order valence-corrected chi connectivity index (χ4v) is 4.91. The molecule has 11 heteroatoms. The second-order valence-electron chi connectivity index (χ2n) is 7.79. The molecule has 0 spiro atoms. The maximum atomic E-state index is 13.6. The van der Waals surface area contributed by atoms with Crippen molar-refractivity contribution in [3.8, 4) is 17.5 Å². The zero-order valence-electron chi connectivity index (χ0n) is 18.3. The highest BCUT2D eigenvalue weighted by Crippen LogP contribution is 2.29. The topological polar surface area (TPSA) is 145 Å². The number of hydrogen-bond donors (Lipinski definition) is 2. The Morgan fingerprint density at radius 3 is 2.62 bits per heavy atom. The molecular formula is C23H23N7O3S. The third kappa shape index (κ3) is 5.52. The molecule has 3 aromatic rings. The second-order valence-corrected chi connectivity index (χ2v) is 9.23. The van der Waals surface area contributed by atoms with E-state index in [0.717, 1.165) is 31.5 Å². The van der Waals surface area contributed by atoms with Crippen molar-refractivity contribution in [1.29, 1.82) is 5.26 Å². The molecule has 1 atom stereocenters. The van der Waals surface area contributed by atoms with Crippen LogP contribution < -0.4 is 10.2 Å². The van der Waals surface area contributed by atoms with E-state index in [1.807, 2.05) is 0 Å². The first-order chi connectivity index (χ1) is 16.5. The van der Waals surface area contributed by atoms with Gasteiger partial charge < -0.3 is 15.3 Å². The minimum absolute atomic E-state index is 0.249. The molecule has 0 aliphatic carbocycles. The molecular weight excluding hydrogens is 454 g/mol. The number of rotatable bonds is 7. The highest BCUT2D eigenvalue weighted by Gasteiger charge is 2.19. The summed E-state index contributed by atoms with van der Waals surface area (Å²) in [6, 6.07) is 8.78. The van der Waals surface area contributed by atoms with E-state index in [0.29, 0.717) is 39.0 Å². The van der Waals surface area contributed by atoms with Gasteiger partial charge in [0.25, 0.3) is 0 Å². The number of hydrogen-bond acceptors (Lipinski definition) is 8. The fraction of sp³-hybridized carbons (Fsp3) is 0.304. The SMILES string of the molecule is N#Cc1ccc(-c2ncc(CCNC(=O)O)cn2)c(S(=O)c2cnnc(N3CCCCC3)c2)c1. The number of anilines is 1. The third-order valence-electron chi connectivity index (χ3n) is 5.46. The van der Waals surface area contributed by atoms with Crippen LogP contribution in [0.15, 0.2) is 52.6 Å². The minimum Gasteiger partial charge on any atom is -0.465 e. The van der Waals surface area contributed by atoms with Gasteiger partial charge in [-0.2, -0.15) is 10.4 Å². The summed E-state index contributed by atoms with van der Waals surface area (Å²) in [6.07, 6.45) is 7.42. The highest BCUT2D eigenvalue weighted by molar-refractivity contribution is 7.85. The van der Waals surface area contributed by atoms with Crippen LogP contribution in [0.3, 0.4) is 0 Å². The predicted molar refractivity (Wildman–Crippen MR) is 125 cm³/mol. The first-order valence-electron chi connectivity index (χ1n) is 10.9. The summed E-state index contributed by atoms with van der Waals surface area (Å²) in [5.41, 5.74) is 1.68. The second kappa shape index (κ2) is 10.8. The molecule has 34 heavy (non-hydrogen) atoms. The van der Waals surface area contributed by atoms with E-state index >= 15 is 0 Å². The highest BCUT2D eigenvalue weighted by atomic mass is 32.2. The van der Waals surface area contributed by atoms with Crippen LogP contribution in [0.5, 0.6) is 0 Å². The Kier molecular flexibility index (Phi) is 7.39. The number of carbonyl (C=O) groups is 1. The van der Waals surface area contributed by atoms with Crippen LogP contribution >= 0.6 is 0 Å². The smallest absolute Gasteiger partial charge is 0.404 e. The lowest BCUT2D eigenvalue weighted by Gasteiger charge is -2.27. The average Bonchev–Trinajstić information content (AvgIpc) is 2.89. The van der Waals surface area contributed by atoms with E-state index in [1.54, 1.807) is 36.7 Å². The number of amides is 1. The molecule has 1 saturated heterocycles. The van der Waals surface area contributed by atoms with Crippen molar-refractivity contribution in [1.82, 2.24) is 25.5 Å². The Balaban J connectivity index is 1.63. The molecule has 0 radical (unpaired) electrons. The Labute approximate surface area is 199 Å². The number of nitrogens with zero attached hydrogens (tertiary/aromatic N) is 6. The molecule has 1 aliphatic rings. The summed E-state index contributed by atoms with van der Waals surface area (Å²) in [5.74, 6) is 1.06. The molecule has 1 aliphatic heterocycles. The predicted octanol–water partition coefficient (Wildman–Crippen LogP) is 2.77. The monoisotopic (exact) mass is 477 g/mol. The number of benzene rings is 1. The number of carboxylic acid groups (broad SMARTS) is 1. The van der Waals surface area contributed by atoms with Crippen molar-refractivity contribution < 1.29 is 14.1 Å². The van der Waals surface area contributed by atoms with E-state index in [9.17, 15) is 14.3 Å². The van der Waals surface area contributed by atoms with Gasteiger partial charge in [-0.25, -0.2) is 19.0 Å². The number of nitrogens with one attached hydrogen (secondary N) is 1. The van der Waals surface area contributed by atoms with Crippen molar-refractivity contribution in [2.24, 2.45) is 0 Å². The van der Waals surface area contributed by atoms with Crippen LogP contribution in [0, 0.1) is 11.3 Å². The van der Waals surface area contributed by atoms with Gasteiger partial charge in [0, 0.05) is 43.7 Å². The third-order valence-corrected chi connectivity index (χ3v) is 6.85. The first-order valence-corrected chi connectivity index (χ1v) is 12.0. The summed E-state index contributed by atoms with van der Waals surface area (Å²) < 4.78 is 13.6. The Hall–Kier alpha value is -3.91. The molecule has 1 unspecified atom stereocenters. The Morgan fingerprint density at radius 1 is 1.15 bits per heavy atom. The van der Waals surface area contributed by atoms with Crippen LogP contribution in [0.4, 0.5) is 10.6 Å². The molecule has 1 fully saturated rings. The van der Waals surface area contributed by atoms with E-state index in [-0.39, 0.29) is 6.54 Å². The van der Waals surface area contributed by atoms with Crippen molar-refractivity contribution >= 4 is 22.7 Å². The molecule has 0 saturated carbocycles. The first kappa shape index (κ1) is 23.3. The van der Waals surface area contributed by atoms with Crippen molar-refractivity contribution in [2.75, 3.05) is 24.5 Å². The van der Waals surface area contributed by atoms with Gasteiger partial charge in [0.15, 0.2) is 11.6 Å². The summed E-state index contributed by atoms with van der Waals surface area (Å²) >= 11 is 0. The zero-order valence-corrected chi connectivity index (χ0v) is 19.2. The molecule has 2 aromatic heterocycles. The lowest BCUT2D eigenvalue weighted by Crippen LogP contribution is -2.30. The van der Waals surface area contributed by atoms with E-state index in [4.69, 9.17) is 5.11 Å². The molecule has 1 aromatic carbocycles. The average molecular weight is 478 g/mol. The van der Waals surface area contributed by atoms with Gasteiger partial charge in [0.05, 0.1) is 38.4 Å². The Bertz CT molecular complexity index is 1240. The fourth-order valence-electron chi connectivity index (χ4n) is 3.71. The summed E-state index contributed by atoms with van der Waals surface area (Å²) in [7, 11) is -1.64. The summed E-state index contributed by atoms with van der Waals surface area (Å²) in [4.78, 5) is 22.4. The molecule has 10 nitrogen and oxygen atoms in total. The van der Waals surface area contributed by atoms with Gasteiger partial charge in [-0.15, -0.1) is 5.10 Å². The molecule has 1 amide bonds. The summed E-state index contributed by atoms with van der Waals surface area (Å²) in [5, 5.41) is 28.7. The molecule has 0 bridgehead atoms. The van der Waals surface area contributed by atoms with Gasteiger partial charge in [0.2, 0.25) is 0 Å². The van der Waals surface area contributed by atoms with Crippen LogP contribution in [-0.2, 0) is 17.2 Å². The standard InChI is InChI=1S/C23H23N7O3S/c24-12-16-4-5-19(22-26-13-17(14-27-22)6-7-25-23(31)32)20(10-16)34(33)18-11-21(29-28-15-18)30-8-2-1-3-9-30/h4-5,10-11,13-15,25H,1-3,6-9H2,(H,31,32). The maximum Gasteiger partial charge on any atom is 0.404 e. The van der Waals surface area contributed by atoms with Crippen molar-refractivity contribution in [3.63, 3.8) is 0 Å². The van der Waals surface area contributed by atoms with Crippen molar-refractivity contribution in [3.05, 3.63) is 54.0 Å². The molecule has 3 heterocycles. The van der Waals surface area contributed by atoms with E-state index in [2.05, 4.69) is 36.5 Å². The normalized spacial score (nSPS) is 14.3. The number of nitriles is 1. The quantitative estimate of drug-likeness (QED) is 0.524. The van der Waals surface area contributed by atoms with Crippen LogP contribution in [-0.4, -0.2) is 55.2 Å². The molecule has 4 rings (SSSR count). The minimum atomic E-state index is -1.64. The zero-order chi connectivity index (χ0) is 23.9. The van der Waals surface area contributed by atoms with Crippen LogP contribution in [0.2, 0.25) is 0 Å². The van der Waals surface area contributed by atoms with Crippen molar-refractivity contribution in [2.45, 2.75) is 35.5 Å². The van der Waals surface area contributed by atoms with Gasteiger partial charge in [-0.05, 0) is 49.4 Å². The number of piperidine rings is 1. The molecule has 2 N–H and O–H groups in total. The van der Waals surface area contributed by atoms with E-state index < -0.39 is 16.9 Å². The Morgan fingerprint density at radius 2 is 1.91 bits per heavy atom. The van der Waals surface area contributed by atoms with Crippen LogP contribution in [0.1, 0.15) is 30.4 Å². The van der Waals surface area contributed by atoms with Gasteiger partial charge in [0.1, 0.15) is 0 Å². The lowest BCUT2D eigenvalue weighted by molar-refractivity contribution is 0.194. The van der Waals surface area contributed by atoms with Gasteiger partial charge >= 0.3 is 6.09 Å². The summed E-state index contributed by atoms with van der Waals surface area (Å²) in [6.45, 7) is 2.03. The number of aromatic nitrogens is 4. The van der Waals surface area contributed by atoms with Gasteiger partial charge in [-0.3, -0.25) is 0 Å². The largest absolute Gasteiger partial charge is 0.465 e. The molecule has 174 valence electrons. The lowest BCUT2D eigenvalue weighted by atomic mass is 10.1. The maximum absolute atomic E-state index is 13.6. The van der Waals surface area contributed by atoms with E-state index in [1.165, 1.54) is 12.6 Å². The van der Waals surface area contributed by atoms with Gasteiger partial charge in [-0.1, -0.05) is 0 Å².